The van der Waals surface area contributed by atoms with Gasteiger partial charge in [-0.1, -0.05) is 47.5 Å². The third-order valence-electron chi connectivity index (χ3n) is 9.81. The second kappa shape index (κ2) is 16.1. The first-order valence-corrected chi connectivity index (χ1v) is 18.8. The number of carbonyl (C=O) groups is 2. The van der Waals surface area contributed by atoms with Crippen molar-refractivity contribution >= 4 is 74.8 Å². The summed E-state index contributed by atoms with van der Waals surface area (Å²) >= 11 is 18.0. The fourth-order valence-corrected chi connectivity index (χ4v) is 7.62. The van der Waals surface area contributed by atoms with Gasteiger partial charge in [0, 0.05) is 53.6 Å². The van der Waals surface area contributed by atoms with Crippen LogP contribution in [0.4, 0.5) is 11.4 Å². The predicted octanol–water partition coefficient (Wildman–Crippen LogP) is 8.92. The number of amides is 1. The number of aromatic carboxylic acids is 1. The first-order chi connectivity index (χ1) is 26.4. The van der Waals surface area contributed by atoms with Gasteiger partial charge in [0.2, 0.25) is 5.91 Å². The number of thiocarbonyl (C=S) groups is 1. The molecule has 3 aliphatic rings. The van der Waals surface area contributed by atoms with Crippen LogP contribution in [-0.4, -0.2) is 63.7 Å². The highest BCUT2D eigenvalue weighted by Crippen LogP contribution is 2.42. The number of anilines is 2. The number of phenols is 1. The Hall–Kier alpha value is -5.46. The molecule has 0 bridgehead atoms. The Morgan fingerprint density at radius 1 is 0.891 bits per heavy atom. The van der Waals surface area contributed by atoms with Crippen molar-refractivity contribution in [1.82, 2.24) is 9.80 Å². The molecule has 0 spiro atoms. The maximum absolute atomic E-state index is 13.6. The van der Waals surface area contributed by atoms with E-state index in [1.165, 1.54) is 30.3 Å². The molecule has 0 radical (unpaired) electrons. The molecule has 0 aromatic heterocycles. The molecule has 55 heavy (non-hydrogen) atoms. The topological polar surface area (TPSA) is 135 Å². The summed E-state index contributed by atoms with van der Waals surface area (Å²) in [6, 6.07) is 26.5. The molecular weight excluding hydrogens is 759 g/mol. The summed E-state index contributed by atoms with van der Waals surface area (Å²) in [6.07, 6.45) is 2.39. The number of carboxylic acid groups (broad SMARTS) is 1. The van der Waals surface area contributed by atoms with Gasteiger partial charge in [0.1, 0.15) is 17.1 Å². The molecule has 2 aliphatic heterocycles. The number of likely N-dealkylation sites (tertiary alicyclic amines) is 1. The molecule has 1 aliphatic carbocycles. The molecule has 1 atom stereocenters. The van der Waals surface area contributed by atoms with Gasteiger partial charge in [-0.05, 0) is 116 Å². The summed E-state index contributed by atoms with van der Waals surface area (Å²) in [7, 11) is 1.82. The van der Waals surface area contributed by atoms with Gasteiger partial charge < -0.3 is 35.1 Å². The number of nitrogens with zero attached hydrogens (tertiary/aromatic N) is 2. The number of likely N-dealkylation sites (N-methyl/N-ethyl adjacent to an activating group) is 1. The van der Waals surface area contributed by atoms with Crippen LogP contribution < -0.4 is 16.1 Å². The molecule has 4 aromatic rings. The third kappa shape index (κ3) is 8.45. The van der Waals surface area contributed by atoms with Gasteiger partial charge in [-0.2, -0.15) is 0 Å². The number of rotatable bonds is 10. The minimum Gasteiger partial charge on any atom is -0.508 e. The van der Waals surface area contributed by atoms with Gasteiger partial charge in [0.25, 0.3) is 0 Å². The number of fused-ring (bicyclic) bond motifs is 2. The van der Waals surface area contributed by atoms with E-state index in [0.717, 1.165) is 37.1 Å². The monoisotopic (exact) mass is 794 g/mol. The number of carbonyl (C=O) groups excluding carboxylic acids is 1. The molecule has 1 saturated heterocycles. The summed E-state index contributed by atoms with van der Waals surface area (Å²) in [6.45, 7) is 2.59. The maximum atomic E-state index is 13.6. The zero-order valence-electron chi connectivity index (χ0n) is 29.6. The van der Waals surface area contributed by atoms with Crippen LogP contribution in [-0.2, 0) is 11.2 Å². The van der Waals surface area contributed by atoms with Crippen LogP contribution in [0.5, 0.6) is 5.75 Å². The first kappa shape index (κ1) is 37.8. The first-order valence-electron chi connectivity index (χ1n) is 17.6. The molecule has 2 heterocycles. The highest BCUT2D eigenvalue weighted by atomic mass is 35.5. The van der Waals surface area contributed by atoms with Crippen molar-refractivity contribution in [2.24, 2.45) is 0 Å². The molecule has 4 aromatic carbocycles. The van der Waals surface area contributed by atoms with Gasteiger partial charge in [0.15, 0.2) is 10.5 Å². The van der Waals surface area contributed by atoms with Gasteiger partial charge in [-0.25, -0.2) is 4.79 Å². The minimum absolute atomic E-state index is 0.0128. The third-order valence-corrected chi connectivity index (χ3v) is 10.8. The number of benzene rings is 5. The van der Waals surface area contributed by atoms with Gasteiger partial charge in [-0.15, -0.1) is 0 Å². The van der Waals surface area contributed by atoms with Crippen LogP contribution >= 0.6 is 35.4 Å². The van der Waals surface area contributed by atoms with Crippen LogP contribution in [0.3, 0.4) is 0 Å². The second-order valence-corrected chi connectivity index (χ2v) is 14.8. The van der Waals surface area contributed by atoms with Crippen LogP contribution in [0.1, 0.15) is 40.4 Å². The van der Waals surface area contributed by atoms with E-state index in [9.17, 15) is 24.6 Å². The lowest BCUT2D eigenvalue weighted by atomic mass is 9.90. The van der Waals surface area contributed by atoms with Crippen molar-refractivity contribution in [2.45, 2.75) is 25.3 Å². The Bertz CT molecular complexity index is 2480. The van der Waals surface area contributed by atoms with Crippen LogP contribution in [0.15, 0.2) is 106 Å². The summed E-state index contributed by atoms with van der Waals surface area (Å²) < 4.78 is 5.94. The van der Waals surface area contributed by atoms with E-state index in [1.807, 2.05) is 31.3 Å². The van der Waals surface area contributed by atoms with Crippen LogP contribution in [0.2, 0.25) is 10.0 Å². The van der Waals surface area contributed by atoms with E-state index in [-0.39, 0.29) is 46.0 Å². The largest absolute Gasteiger partial charge is 0.508 e. The fourth-order valence-electron chi connectivity index (χ4n) is 7.07. The minimum atomic E-state index is -1.17. The van der Waals surface area contributed by atoms with Gasteiger partial charge >= 0.3 is 5.97 Å². The number of aromatic hydroxyl groups is 1. The molecule has 1 fully saturated rings. The second-order valence-electron chi connectivity index (χ2n) is 13.5. The molecule has 0 saturated carbocycles. The molecule has 0 unspecified atom stereocenters. The van der Waals surface area contributed by atoms with Crippen molar-refractivity contribution < 1.29 is 24.2 Å². The molecule has 280 valence electrons. The van der Waals surface area contributed by atoms with Crippen molar-refractivity contribution in [3.63, 3.8) is 0 Å². The summed E-state index contributed by atoms with van der Waals surface area (Å²) in [5.74, 6) is -1.01. The molecule has 13 heteroatoms. The van der Waals surface area contributed by atoms with E-state index in [0.29, 0.717) is 55.6 Å². The SMILES string of the molecule is CN(C(=O)Cc1ccc(Cl)c(Cl)c1)[C@@H](CN1CCCC1)c1cccc(NC(=S)Nc2ccc(-c3c4ccc(=O)cc-4oc4cc(O)ccc34)c(C(=O)O)c2)c1. The standard InChI is InChI=1S/C42H36Cl2N4O6S/c1-47(39(51)18-24-7-14-34(43)35(44)17-24)36(23-48-15-2-3-16-48)25-5-4-6-26(19-25)45-42(55)46-27-8-11-30(33(20-27)41(52)53)40-31-12-9-28(49)21-37(31)54-38-22-29(50)10-13-32(38)40/h4-14,17,19-22,36,49H,2-3,15-16,18,23H2,1H3,(H,52,53)(H2,45,46,55)/t36-/m0/s1. The van der Waals surface area contributed by atoms with Crippen molar-refractivity contribution in [3.8, 4) is 28.2 Å². The van der Waals surface area contributed by atoms with E-state index in [4.69, 9.17) is 39.8 Å². The fraction of sp³-hybridized carbons (Fsp3) is 0.190. The summed E-state index contributed by atoms with van der Waals surface area (Å²) in [5, 5.41) is 28.5. The normalized spacial score (nSPS) is 13.5. The van der Waals surface area contributed by atoms with Gasteiger partial charge in [0.05, 0.1) is 28.1 Å². The summed E-state index contributed by atoms with van der Waals surface area (Å²) in [5.41, 5.74) is 4.31. The summed E-state index contributed by atoms with van der Waals surface area (Å²) in [4.78, 5) is 42.7. The zero-order valence-corrected chi connectivity index (χ0v) is 32.0. The zero-order chi connectivity index (χ0) is 38.8. The van der Waals surface area contributed by atoms with Crippen molar-refractivity contribution in [2.75, 3.05) is 37.3 Å². The van der Waals surface area contributed by atoms with E-state index in [2.05, 4.69) is 15.5 Å². The molecule has 1 amide bonds. The van der Waals surface area contributed by atoms with Crippen molar-refractivity contribution in [1.29, 1.82) is 0 Å². The Morgan fingerprint density at radius 2 is 1.64 bits per heavy atom. The number of halogens is 2. The van der Waals surface area contributed by atoms with Gasteiger partial charge in [-0.3, -0.25) is 9.59 Å². The van der Waals surface area contributed by atoms with E-state index < -0.39 is 5.97 Å². The highest BCUT2D eigenvalue weighted by molar-refractivity contribution is 7.80. The predicted molar refractivity (Wildman–Crippen MR) is 221 cm³/mol. The molecule has 4 N–H and O–H groups in total. The highest BCUT2D eigenvalue weighted by Gasteiger charge is 2.27. The molecule has 10 nitrogen and oxygen atoms in total. The van der Waals surface area contributed by atoms with Crippen molar-refractivity contribution in [3.05, 3.63) is 134 Å². The quantitative estimate of drug-likeness (QED) is 0.0787. The van der Waals surface area contributed by atoms with E-state index >= 15 is 0 Å². The average Bonchev–Trinajstić information content (AvgIpc) is 3.67. The lowest BCUT2D eigenvalue weighted by molar-refractivity contribution is -0.131. The number of hydrogen-bond acceptors (Lipinski definition) is 7. The Balaban J connectivity index is 1.13. The lowest BCUT2D eigenvalue weighted by Crippen LogP contribution is -2.39. The molecular formula is C42H36Cl2N4O6S. The average molecular weight is 796 g/mol. The Morgan fingerprint density at radius 3 is 2.38 bits per heavy atom. The Kier molecular flexibility index (Phi) is 11.1. The number of nitrogens with one attached hydrogen (secondary N) is 2. The number of hydrogen-bond donors (Lipinski definition) is 4. The van der Waals surface area contributed by atoms with Crippen LogP contribution in [0, 0.1) is 0 Å². The van der Waals surface area contributed by atoms with E-state index in [1.54, 1.807) is 47.4 Å². The lowest BCUT2D eigenvalue weighted by Gasteiger charge is -2.32. The number of carboxylic acids is 1. The maximum Gasteiger partial charge on any atom is 0.336 e. The smallest absolute Gasteiger partial charge is 0.336 e. The Labute approximate surface area is 332 Å². The van der Waals surface area contributed by atoms with Crippen LogP contribution in [0.25, 0.3) is 33.4 Å². The molecule has 7 rings (SSSR count). The number of phenolic OH excluding ortho intramolecular Hbond substituents is 1.